The van der Waals surface area contributed by atoms with E-state index >= 15 is 0 Å². The minimum absolute atomic E-state index is 0.0232. The van der Waals surface area contributed by atoms with E-state index in [2.05, 4.69) is 26.8 Å². The second kappa shape index (κ2) is 9.22. The van der Waals surface area contributed by atoms with Gasteiger partial charge < -0.3 is 19.8 Å². The van der Waals surface area contributed by atoms with Gasteiger partial charge in [0.15, 0.2) is 0 Å². The van der Waals surface area contributed by atoms with E-state index in [1.54, 1.807) is 0 Å². The van der Waals surface area contributed by atoms with E-state index in [1.165, 1.54) is 0 Å². The standard InChI is InChI=1S/C26H31N5O4/c1-27-29-24-7-5-20-21(4-6-22(20)28-24)25(32)31-10-9-30-14-23(35-15-18(30)13-31)17-2-3-19-16(12-17)8-11-34-26(19)33/h2-3,5,7,12,18,21,23,27H,4,6,8-11,13-15H2,1H3,(H,28,29)/t18-,21?,23-/m0/s1. The Hall–Kier alpha value is -3.01. The van der Waals surface area contributed by atoms with Gasteiger partial charge >= 0.3 is 5.97 Å². The van der Waals surface area contributed by atoms with Crippen molar-refractivity contribution in [1.29, 1.82) is 0 Å². The molecule has 9 nitrogen and oxygen atoms in total. The Morgan fingerprint density at radius 2 is 2.06 bits per heavy atom. The lowest BCUT2D eigenvalue weighted by Gasteiger charge is -2.46. The Labute approximate surface area is 204 Å². The molecule has 0 spiro atoms. The van der Waals surface area contributed by atoms with Crippen LogP contribution in [0.25, 0.3) is 0 Å². The fourth-order valence-corrected chi connectivity index (χ4v) is 5.88. The average molecular weight is 478 g/mol. The Bertz CT molecular complexity index is 1150. The molecule has 2 saturated heterocycles. The molecule has 0 radical (unpaired) electrons. The largest absolute Gasteiger partial charge is 0.462 e. The molecule has 3 atom stereocenters. The van der Waals surface area contributed by atoms with Crippen molar-refractivity contribution >= 4 is 17.7 Å². The molecule has 4 aliphatic rings. The number of pyridine rings is 1. The number of carbonyl (C=O) groups is 2. The van der Waals surface area contributed by atoms with Crippen LogP contribution in [0.3, 0.4) is 0 Å². The highest BCUT2D eigenvalue weighted by Gasteiger charge is 2.39. The fourth-order valence-electron chi connectivity index (χ4n) is 5.88. The van der Waals surface area contributed by atoms with E-state index in [0.29, 0.717) is 25.3 Å². The third kappa shape index (κ3) is 4.17. The summed E-state index contributed by atoms with van der Waals surface area (Å²) in [6.07, 6.45) is 2.37. The first-order valence-electron chi connectivity index (χ1n) is 12.5. The van der Waals surface area contributed by atoms with E-state index in [9.17, 15) is 9.59 Å². The van der Waals surface area contributed by atoms with Crippen molar-refractivity contribution in [2.24, 2.45) is 0 Å². The summed E-state index contributed by atoms with van der Waals surface area (Å²) < 4.78 is 11.4. The molecular weight excluding hydrogens is 446 g/mol. The molecule has 2 fully saturated rings. The van der Waals surface area contributed by atoms with Gasteiger partial charge in [-0.2, -0.15) is 0 Å². The third-order valence-electron chi connectivity index (χ3n) is 7.74. The van der Waals surface area contributed by atoms with Gasteiger partial charge in [-0.05, 0) is 41.7 Å². The van der Waals surface area contributed by atoms with Crippen LogP contribution < -0.4 is 10.9 Å². The van der Waals surface area contributed by atoms with Crippen LogP contribution in [0.15, 0.2) is 30.3 Å². The molecule has 4 heterocycles. The van der Waals surface area contributed by atoms with Crippen LogP contribution in [0.1, 0.15) is 51.2 Å². The van der Waals surface area contributed by atoms with E-state index < -0.39 is 0 Å². The highest BCUT2D eigenvalue weighted by Crippen LogP contribution is 2.35. The lowest BCUT2D eigenvalue weighted by molar-refractivity contribution is -0.141. The zero-order valence-corrected chi connectivity index (χ0v) is 20.0. The van der Waals surface area contributed by atoms with Crippen LogP contribution in [-0.4, -0.2) is 79.1 Å². The predicted molar refractivity (Wildman–Crippen MR) is 129 cm³/mol. The second-order valence-corrected chi connectivity index (χ2v) is 9.76. The summed E-state index contributed by atoms with van der Waals surface area (Å²) in [4.78, 5) is 34.5. The molecule has 2 aromatic rings. The molecule has 6 rings (SSSR count). The first kappa shape index (κ1) is 22.5. The Balaban J connectivity index is 1.10. The van der Waals surface area contributed by atoms with Gasteiger partial charge in [-0.1, -0.05) is 18.2 Å². The number of benzene rings is 1. The van der Waals surface area contributed by atoms with Crippen LogP contribution in [0, 0.1) is 0 Å². The van der Waals surface area contributed by atoms with Gasteiger partial charge in [0, 0.05) is 45.3 Å². The van der Waals surface area contributed by atoms with Crippen molar-refractivity contribution in [3.05, 3.63) is 58.3 Å². The van der Waals surface area contributed by atoms with Gasteiger partial charge in [-0.25, -0.2) is 15.2 Å². The first-order chi connectivity index (χ1) is 17.1. The minimum atomic E-state index is -0.237. The smallest absolute Gasteiger partial charge is 0.338 e. The van der Waals surface area contributed by atoms with Crippen molar-refractivity contribution in [2.75, 3.05) is 51.9 Å². The van der Waals surface area contributed by atoms with Crippen LogP contribution in [0.2, 0.25) is 0 Å². The number of aromatic nitrogens is 1. The van der Waals surface area contributed by atoms with Crippen molar-refractivity contribution in [1.82, 2.24) is 20.2 Å². The highest BCUT2D eigenvalue weighted by atomic mass is 16.5. The highest BCUT2D eigenvalue weighted by molar-refractivity contribution is 5.92. The van der Waals surface area contributed by atoms with Gasteiger partial charge in [-0.3, -0.25) is 9.69 Å². The van der Waals surface area contributed by atoms with Gasteiger partial charge in [0.2, 0.25) is 5.91 Å². The number of hydrogen-bond donors (Lipinski definition) is 2. The number of carbonyl (C=O) groups excluding carboxylic acids is 2. The average Bonchev–Trinajstić information content (AvgIpc) is 3.31. The Morgan fingerprint density at radius 1 is 1.14 bits per heavy atom. The minimum Gasteiger partial charge on any atom is -0.462 e. The molecular formula is C26H31N5O4. The van der Waals surface area contributed by atoms with Crippen molar-refractivity contribution in [3.63, 3.8) is 0 Å². The summed E-state index contributed by atoms with van der Waals surface area (Å²) in [6, 6.07) is 10.1. The number of anilines is 1. The Kier molecular flexibility index (Phi) is 5.91. The van der Waals surface area contributed by atoms with Gasteiger partial charge in [0.1, 0.15) is 5.82 Å². The number of hydrogen-bond acceptors (Lipinski definition) is 8. The number of fused-ring (bicyclic) bond motifs is 3. The molecule has 184 valence electrons. The summed E-state index contributed by atoms with van der Waals surface area (Å²) in [5.74, 6) is 0.648. The number of morpholine rings is 1. The van der Waals surface area contributed by atoms with Crippen LogP contribution >= 0.6 is 0 Å². The van der Waals surface area contributed by atoms with E-state index in [4.69, 9.17) is 9.47 Å². The van der Waals surface area contributed by atoms with Crippen LogP contribution in [0.4, 0.5) is 5.82 Å². The van der Waals surface area contributed by atoms with Crippen molar-refractivity contribution in [3.8, 4) is 0 Å². The number of amides is 1. The maximum absolute atomic E-state index is 13.5. The van der Waals surface area contributed by atoms with E-state index in [-0.39, 0.29) is 29.9 Å². The molecule has 35 heavy (non-hydrogen) atoms. The number of cyclic esters (lactones) is 1. The number of aryl methyl sites for hydroxylation is 1. The Morgan fingerprint density at radius 3 is 2.94 bits per heavy atom. The number of nitrogens with one attached hydrogen (secondary N) is 2. The summed E-state index contributed by atoms with van der Waals surface area (Å²) in [6.45, 7) is 4.10. The van der Waals surface area contributed by atoms with Crippen LogP contribution in [-0.2, 0) is 27.1 Å². The predicted octanol–water partition coefficient (Wildman–Crippen LogP) is 1.65. The lowest BCUT2D eigenvalue weighted by Crippen LogP contribution is -2.60. The van der Waals surface area contributed by atoms with Gasteiger partial charge in [0.05, 0.1) is 36.8 Å². The maximum Gasteiger partial charge on any atom is 0.338 e. The van der Waals surface area contributed by atoms with Gasteiger partial charge in [0.25, 0.3) is 0 Å². The monoisotopic (exact) mass is 477 g/mol. The van der Waals surface area contributed by atoms with E-state index in [0.717, 1.165) is 67.1 Å². The number of piperazine rings is 1. The molecule has 1 amide bonds. The third-order valence-corrected chi connectivity index (χ3v) is 7.74. The molecule has 2 N–H and O–H groups in total. The quantitative estimate of drug-likeness (QED) is 0.507. The topological polar surface area (TPSA) is 96.0 Å². The first-order valence-corrected chi connectivity index (χ1v) is 12.5. The molecule has 1 aliphatic carbocycles. The molecule has 1 unspecified atom stereocenters. The number of hydrazine groups is 1. The van der Waals surface area contributed by atoms with E-state index in [1.807, 2.05) is 36.2 Å². The molecule has 9 heteroatoms. The van der Waals surface area contributed by atoms with Crippen LogP contribution in [0.5, 0.6) is 0 Å². The zero-order chi connectivity index (χ0) is 23.9. The number of rotatable bonds is 4. The molecule has 3 aliphatic heterocycles. The molecule has 1 aromatic carbocycles. The summed E-state index contributed by atoms with van der Waals surface area (Å²) in [5, 5.41) is 0. The van der Waals surface area contributed by atoms with Crippen molar-refractivity contribution < 1.29 is 19.1 Å². The lowest BCUT2D eigenvalue weighted by atomic mass is 9.96. The molecule has 0 bridgehead atoms. The number of nitrogens with zero attached hydrogens (tertiary/aromatic N) is 3. The summed E-state index contributed by atoms with van der Waals surface area (Å²) in [5.41, 5.74) is 10.8. The summed E-state index contributed by atoms with van der Waals surface area (Å²) in [7, 11) is 1.81. The normalized spacial score (nSPS) is 25.9. The molecule has 0 saturated carbocycles. The van der Waals surface area contributed by atoms with Gasteiger partial charge in [-0.15, -0.1) is 0 Å². The summed E-state index contributed by atoms with van der Waals surface area (Å²) >= 11 is 0. The number of esters is 1. The van der Waals surface area contributed by atoms with Crippen molar-refractivity contribution in [2.45, 2.75) is 37.3 Å². The second-order valence-electron chi connectivity index (χ2n) is 9.76. The SMILES string of the molecule is CNNc1ccc2c(n1)CCC2C(=O)N1CCN2C[C@@H](c3ccc4c(c3)CCOC4=O)OC[C@@H]2C1. The fraction of sp³-hybridized carbons (Fsp3) is 0.500. The maximum atomic E-state index is 13.5. The number of ether oxygens (including phenoxy) is 2. The molecule has 1 aromatic heterocycles. The zero-order valence-electron chi connectivity index (χ0n) is 20.0.